The molecule has 3 heterocycles. The molecule has 1 aliphatic rings. The van der Waals surface area contributed by atoms with E-state index in [1.807, 2.05) is 24.3 Å². The van der Waals surface area contributed by atoms with E-state index in [0.29, 0.717) is 0 Å². The zero-order valence-electron chi connectivity index (χ0n) is 10.4. The third-order valence-electron chi connectivity index (χ3n) is 3.52. The number of pyridine rings is 1. The Bertz CT molecular complexity index is 732. The highest BCUT2D eigenvalue weighted by Gasteiger charge is 2.16. The summed E-state index contributed by atoms with van der Waals surface area (Å²) in [7, 11) is 0. The van der Waals surface area contributed by atoms with Gasteiger partial charge >= 0.3 is 0 Å². The van der Waals surface area contributed by atoms with Gasteiger partial charge in [0.1, 0.15) is 0 Å². The second kappa shape index (κ2) is 4.17. The van der Waals surface area contributed by atoms with Crippen molar-refractivity contribution < 1.29 is 4.74 Å². The molecule has 0 spiro atoms. The molecule has 0 amide bonds. The van der Waals surface area contributed by atoms with Gasteiger partial charge in [0, 0.05) is 24.5 Å². The lowest BCUT2D eigenvalue weighted by atomic mass is 10.1. The number of anilines is 1. The molecule has 0 N–H and O–H groups in total. The monoisotopic (exact) mass is 255 g/mol. The van der Waals surface area contributed by atoms with Gasteiger partial charge in [-0.25, -0.2) is 0 Å². The van der Waals surface area contributed by atoms with E-state index in [1.165, 1.54) is 11.1 Å². The van der Waals surface area contributed by atoms with E-state index in [1.54, 1.807) is 4.52 Å². The molecule has 0 saturated carbocycles. The van der Waals surface area contributed by atoms with Gasteiger partial charge < -0.3 is 9.64 Å². The van der Waals surface area contributed by atoms with Crippen LogP contribution >= 0.6 is 0 Å². The number of morpholine rings is 1. The summed E-state index contributed by atoms with van der Waals surface area (Å²) >= 11 is 0. The molecule has 2 aromatic heterocycles. The number of ether oxygens (including phenoxy) is 1. The molecule has 0 bridgehead atoms. The van der Waals surface area contributed by atoms with E-state index in [4.69, 9.17) is 4.74 Å². The number of tetrazole rings is 1. The molecular formula is C13H13N5O. The average molecular weight is 255 g/mol. The number of rotatable bonds is 1. The van der Waals surface area contributed by atoms with Crippen LogP contribution in [0.2, 0.25) is 0 Å². The highest BCUT2D eigenvalue weighted by molar-refractivity contribution is 5.94. The van der Waals surface area contributed by atoms with Crippen LogP contribution in [0.5, 0.6) is 0 Å². The van der Waals surface area contributed by atoms with Crippen molar-refractivity contribution in [3.63, 3.8) is 0 Å². The number of hydrogen-bond donors (Lipinski definition) is 0. The minimum absolute atomic E-state index is 0.768. The van der Waals surface area contributed by atoms with Gasteiger partial charge in [-0.15, -0.1) is 5.10 Å². The van der Waals surface area contributed by atoms with E-state index in [-0.39, 0.29) is 0 Å². The van der Waals surface area contributed by atoms with Crippen molar-refractivity contribution in [2.45, 2.75) is 0 Å². The summed E-state index contributed by atoms with van der Waals surface area (Å²) < 4.78 is 7.20. The van der Waals surface area contributed by atoms with E-state index in [0.717, 1.165) is 37.5 Å². The fraction of sp³-hybridized carbons (Fsp3) is 0.308. The van der Waals surface area contributed by atoms with Crippen molar-refractivity contribution >= 4 is 22.2 Å². The number of benzene rings is 1. The Labute approximate surface area is 109 Å². The molecule has 19 heavy (non-hydrogen) atoms. The highest BCUT2D eigenvalue weighted by atomic mass is 16.5. The van der Waals surface area contributed by atoms with E-state index >= 15 is 0 Å². The standard InChI is InChI=1S/C13H13N5O/c1-2-4-11-10(3-1)12(17-5-7-19-8-6-17)9-13-14-15-16-18(11)13/h1-4,9H,5-8H2. The second-order valence-electron chi connectivity index (χ2n) is 4.60. The summed E-state index contributed by atoms with van der Waals surface area (Å²) in [6.07, 6.45) is 0. The maximum absolute atomic E-state index is 5.42. The van der Waals surface area contributed by atoms with Crippen molar-refractivity contribution in [3.8, 4) is 0 Å². The van der Waals surface area contributed by atoms with Crippen LogP contribution in [0.1, 0.15) is 0 Å². The SMILES string of the molecule is c1ccc2c(c1)c(N1CCOCC1)cc1nnnn12. The van der Waals surface area contributed by atoms with Crippen LogP contribution in [0.15, 0.2) is 30.3 Å². The zero-order valence-corrected chi connectivity index (χ0v) is 10.4. The number of aromatic nitrogens is 4. The first-order valence-corrected chi connectivity index (χ1v) is 6.36. The third kappa shape index (κ3) is 1.64. The topological polar surface area (TPSA) is 55.5 Å². The molecule has 0 atom stereocenters. The molecule has 0 aliphatic carbocycles. The second-order valence-corrected chi connectivity index (χ2v) is 4.60. The van der Waals surface area contributed by atoms with Gasteiger partial charge in [0.05, 0.1) is 24.4 Å². The fourth-order valence-corrected chi connectivity index (χ4v) is 2.60. The van der Waals surface area contributed by atoms with Crippen molar-refractivity contribution in [3.05, 3.63) is 30.3 Å². The maximum Gasteiger partial charge on any atom is 0.182 e. The summed E-state index contributed by atoms with van der Waals surface area (Å²) in [5.41, 5.74) is 2.99. The van der Waals surface area contributed by atoms with Crippen LogP contribution < -0.4 is 4.90 Å². The highest BCUT2D eigenvalue weighted by Crippen LogP contribution is 2.28. The van der Waals surface area contributed by atoms with Gasteiger partial charge in [0.15, 0.2) is 5.65 Å². The predicted octanol–water partition coefficient (Wildman–Crippen LogP) is 1.11. The molecule has 3 aromatic rings. The van der Waals surface area contributed by atoms with Crippen LogP contribution in [0.3, 0.4) is 0 Å². The number of hydrogen-bond acceptors (Lipinski definition) is 5. The number of nitrogens with zero attached hydrogens (tertiary/aromatic N) is 5. The molecule has 4 rings (SSSR count). The smallest absolute Gasteiger partial charge is 0.182 e. The predicted molar refractivity (Wildman–Crippen MR) is 71.3 cm³/mol. The first-order chi connectivity index (χ1) is 9.43. The van der Waals surface area contributed by atoms with Crippen molar-refractivity contribution in [2.75, 3.05) is 31.2 Å². The van der Waals surface area contributed by atoms with Gasteiger partial charge in [-0.2, -0.15) is 4.52 Å². The number of para-hydroxylation sites is 1. The molecule has 0 radical (unpaired) electrons. The van der Waals surface area contributed by atoms with Gasteiger partial charge in [-0.05, 0) is 16.5 Å². The minimum atomic E-state index is 0.768. The van der Waals surface area contributed by atoms with Gasteiger partial charge in [0.2, 0.25) is 0 Å². The Hall–Kier alpha value is -2.21. The average Bonchev–Trinajstić information content (AvgIpc) is 2.96. The van der Waals surface area contributed by atoms with E-state index < -0.39 is 0 Å². The molecule has 6 nitrogen and oxygen atoms in total. The molecular weight excluding hydrogens is 242 g/mol. The molecule has 1 aliphatic heterocycles. The zero-order chi connectivity index (χ0) is 12.7. The first-order valence-electron chi connectivity index (χ1n) is 6.36. The third-order valence-corrected chi connectivity index (χ3v) is 3.52. The molecule has 1 fully saturated rings. The summed E-state index contributed by atoms with van der Waals surface area (Å²) in [4.78, 5) is 2.33. The lowest BCUT2D eigenvalue weighted by Crippen LogP contribution is -2.36. The maximum atomic E-state index is 5.42. The van der Waals surface area contributed by atoms with Gasteiger partial charge in [-0.3, -0.25) is 0 Å². The van der Waals surface area contributed by atoms with Crippen LogP contribution in [0.4, 0.5) is 5.69 Å². The first kappa shape index (κ1) is 10.7. The Kier molecular flexibility index (Phi) is 2.34. The fourth-order valence-electron chi connectivity index (χ4n) is 2.60. The van der Waals surface area contributed by atoms with Crippen molar-refractivity contribution in [1.82, 2.24) is 20.0 Å². The van der Waals surface area contributed by atoms with E-state index in [2.05, 4.69) is 26.5 Å². The molecule has 96 valence electrons. The largest absolute Gasteiger partial charge is 0.378 e. The molecule has 1 aromatic carbocycles. The lowest BCUT2D eigenvalue weighted by Gasteiger charge is -2.29. The Balaban J connectivity index is 2.00. The van der Waals surface area contributed by atoms with Crippen molar-refractivity contribution in [2.24, 2.45) is 0 Å². The Morgan fingerprint density at radius 3 is 2.84 bits per heavy atom. The summed E-state index contributed by atoms with van der Waals surface area (Å²) in [5, 5.41) is 13.0. The van der Waals surface area contributed by atoms with Crippen LogP contribution in [0, 0.1) is 0 Å². The minimum Gasteiger partial charge on any atom is -0.378 e. The van der Waals surface area contributed by atoms with Crippen LogP contribution in [-0.2, 0) is 4.74 Å². The Morgan fingerprint density at radius 1 is 1.11 bits per heavy atom. The summed E-state index contributed by atoms with van der Waals surface area (Å²) in [5.74, 6) is 0. The summed E-state index contributed by atoms with van der Waals surface area (Å²) in [6, 6.07) is 10.3. The van der Waals surface area contributed by atoms with Crippen molar-refractivity contribution in [1.29, 1.82) is 0 Å². The normalized spacial score (nSPS) is 16.3. The van der Waals surface area contributed by atoms with Crippen LogP contribution in [-0.4, -0.2) is 46.3 Å². The Morgan fingerprint density at radius 2 is 1.95 bits per heavy atom. The quantitative estimate of drug-likeness (QED) is 0.652. The molecule has 0 unspecified atom stereocenters. The van der Waals surface area contributed by atoms with Gasteiger partial charge in [0.25, 0.3) is 0 Å². The van der Waals surface area contributed by atoms with E-state index in [9.17, 15) is 0 Å². The molecule has 1 saturated heterocycles. The van der Waals surface area contributed by atoms with Crippen LogP contribution in [0.25, 0.3) is 16.6 Å². The summed E-state index contributed by atoms with van der Waals surface area (Å²) in [6.45, 7) is 3.35. The number of fused-ring (bicyclic) bond motifs is 3. The molecule has 6 heteroatoms. The van der Waals surface area contributed by atoms with Gasteiger partial charge in [-0.1, -0.05) is 18.2 Å². The lowest BCUT2D eigenvalue weighted by molar-refractivity contribution is 0.123.